The standard InChI is InChI=1S/C26H50O2Si2/c1-5-9-13-17-23(15-11-7-3)27-29-25-19-21-26(22-20-25)30-28-24(16-12-8-4)18-14-10-6-2/h19-24H,5-18,29-30H2,1-4H3. The zero-order chi connectivity index (χ0) is 21.9. The van der Waals surface area contributed by atoms with Gasteiger partial charge in [-0.1, -0.05) is 116 Å². The van der Waals surface area contributed by atoms with Crippen molar-refractivity contribution in [1.82, 2.24) is 0 Å². The zero-order valence-corrected chi connectivity index (χ0v) is 23.4. The van der Waals surface area contributed by atoms with Gasteiger partial charge in [-0.3, -0.25) is 0 Å². The molecule has 174 valence electrons. The molecule has 0 fully saturated rings. The van der Waals surface area contributed by atoms with E-state index in [0.29, 0.717) is 12.2 Å². The highest BCUT2D eigenvalue weighted by Gasteiger charge is 2.11. The highest BCUT2D eigenvalue weighted by Crippen LogP contribution is 2.14. The van der Waals surface area contributed by atoms with Gasteiger partial charge in [0.1, 0.15) is 0 Å². The van der Waals surface area contributed by atoms with E-state index in [2.05, 4.69) is 52.0 Å². The monoisotopic (exact) mass is 450 g/mol. The van der Waals surface area contributed by atoms with Gasteiger partial charge in [0.05, 0.1) is 0 Å². The van der Waals surface area contributed by atoms with Crippen LogP contribution in [0, 0.1) is 0 Å². The summed E-state index contributed by atoms with van der Waals surface area (Å²) in [7, 11) is -1.23. The molecule has 0 aromatic heterocycles. The molecule has 0 spiro atoms. The molecule has 4 heteroatoms. The summed E-state index contributed by atoms with van der Waals surface area (Å²) in [6, 6.07) is 9.27. The van der Waals surface area contributed by atoms with Gasteiger partial charge in [0.15, 0.2) is 19.5 Å². The Kier molecular flexibility index (Phi) is 17.7. The van der Waals surface area contributed by atoms with Crippen molar-refractivity contribution in [2.75, 3.05) is 0 Å². The predicted molar refractivity (Wildman–Crippen MR) is 140 cm³/mol. The van der Waals surface area contributed by atoms with Gasteiger partial charge in [0, 0.05) is 12.2 Å². The first-order valence-electron chi connectivity index (χ1n) is 13.0. The first-order valence-corrected chi connectivity index (χ1v) is 15.6. The number of hydrogen-bond donors (Lipinski definition) is 0. The molecule has 1 rings (SSSR count). The molecule has 0 aliphatic rings. The van der Waals surface area contributed by atoms with Crippen LogP contribution >= 0.6 is 0 Å². The Labute approximate surface area is 192 Å². The van der Waals surface area contributed by atoms with E-state index in [1.54, 1.807) is 0 Å². The molecule has 1 aromatic rings. The second-order valence-corrected chi connectivity index (χ2v) is 11.8. The molecule has 2 nitrogen and oxygen atoms in total. The van der Waals surface area contributed by atoms with Gasteiger partial charge in [-0.15, -0.1) is 0 Å². The summed E-state index contributed by atoms with van der Waals surface area (Å²) in [5.41, 5.74) is 0. The summed E-state index contributed by atoms with van der Waals surface area (Å²) in [4.78, 5) is 0. The number of rotatable bonds is 20. The number of benzene rings is 1. The van der Waals surface area contributed by atoms with Gasteiger partial charge in [0.25, 0.3) is 0 Å². The molecule has 2 unspecified atom stereocenters. The van der Waals surface area contributed by atoms with Crippen LogP contribution in [0.1, 0.15) is 118 Å². The van der Waals surface area contributed by atoms with Gasteiger partial charge >= 0.3 is 0 Å². The molecule has 0 heterocycles. The van der Waals surface area contributed by atoms with E-state index < -0.39 is 19.5 Å². The summed E-state index contributed by atoms with van der Waals surface area (Å²) >= 11 is 0. The Bertz CT molecular complexity index is 447. The van der Waals surface area contributed by atoms with E-state index in [1.165, 1.54) is 100 Å². The van der Waals surface area contributed by atoms with Crippen LogP contribution in [-0.4, -0.2) is 31.7 Å². The molecule has 0 saturated heterocycles. The van der Waals surface area contributed by atoms with Crippen molar-refractivity contribution in [2.24, 2.45) is 0 Å². The average molecular weight is 451 g/mol. The van der Waals surface area contributed by atoms with Crippen LogP contribution in [0.5, 0.6) is 0 Å². The smallest absolute Gasteiger partial charge is 0.192 e. The second kappa shape index (κ2) is 19.3. The van der Waals surface area contributed by atoms with Crippen molar-refractivity contribution in [3.8, 4) is 0 Å². The summed E-state index contributed by atoms with van der Waals surface area (Å²) < 4.78 is 12.9. The third kappa shape index (κ3) is 13.8. The quantitative estimate of drug-likeness (QED) is 0.195. The van der Waals surface area contributed by atoms with Crippen molar-refractivity contribution in [3.63, 3.8) is 0 Å². The summed E-state index contributed by atoms with van der Waals surface area (Å²) in [5, 5.41) is 2.88. The Hall–Kier alpha value is -0.426. The van der Waals surface area contributed by atoms with Crippen molar-refractivity contribution < 1.29 is 8.85 Å². The number of hydrogen-bond acceptors (Lipinski definition) is 2. The van der Waals surface area contributed by atoms with Gasteiger partial charge in [-0.05, 0) is 36.1 Å². The molecule has 30 heavy (non-hydrogen) atoms. The van der Waals surface area contributed by atoms with Crippen LogP contribution in [0.25, 0.3) is 0 Å². The van der Waals surface area contributed by atoms with Crippen LogP contribution in [0.4, 0.5) is 0 Å². The third-order valence-corrected chi connectivity index (χ3v) is 8.90. The van der Waals surface area contributed by atoms with Crippen molar-refractivity contribution >= 4 is 29.9 Å². The normalized spacial score (nSPS) is 14.3. The van der Waals surface area contributed by atoms with Crippen molar-refractivity contribution in [1.29, 1.82) is 0 Å². The second-order valence-electron chi connectivity index (χ2n) is 8.96. The van der Waals surface area contributed by atoms with Crippen molar-refractivity contribution in [2.45, 2.75) is 130 Å². The van der Waals surface area contributed by atoms with Crippen LogP contribution < -0.4 is 10.4 Å². The van der Waals surface area contributed by atoms with E-state index in [0.717, 1.165) is 0 Å². The lowest BCUT2D eigenvalue weighted by molar-refractivity contribution is 0.185. The average Bonchev–Trinajstić information content (AvgIpc) is 2.77. The fourth-order valence-corrected chi connectivity index (χ4v) is 6.27. The highest BCUT2D eigenvalue weighted by molar-refractivity contribution is 6.49. The van der Waals surface area contributed by atoms with Gasteiger partial charge in [-0.25, -0.2) is 0 Å². The SMILES string of the molecule is CCCCCC(CCCC)O[SiH2]c1ccc([SiH2]OC(CCCC)CCCCC)cc1. The number of unbranched alkanes of at least 4 members (excludes halogenated alkanes) is 6. The molecule has 0 radical (unpaired) electrons. The molecular formula is C26H50O2Si2. The molecule has 0 amide bonds. The highest BCUT2D eigenvalue weighted by atomic mass is 28.2. The maximum Gasteiger partial charge on any atom is 0.192 e. The third-order valence-electron chi connectivity index (χ3n) is 6.01. The fraction of sp³-hybridized carbons (Fsp3) is 0.769. The minimum Gasteiger partial charge on any atom is -0.416 e. The maximum absolute atomic E-state index is 6.43. The van der Waals surface area contributed by atoms with E-state index in [9.17, 15) is 0 Å². The first-order chi connectivity index (χ1) is 14.7. The van der Waals surface area contributed by atoms with E-state index in [-0.39, 0.29) is 0 Å². The maximum atomic E-state index is 6.43. The Morgan fingerprint density at radius 2 is 0.867 bits per heavy atom. The molecule has 0 aliphatic heterocycles. The molecule has 2 atom stereocenters. The van der Waals surface area contributed by atoms with Gasteiger partial charge in [-0.2, -0.15) is 0 Å². The largest absolute Gasteiger partial charge is 0.416 e. The zero-order valence-electron chi connectivity index (χ0n) is 20.6. The Balaban J connectivity index is 2.43. The molecule has 0 saturated carbocycles. The van der Waals surface area contributed by atoms with E-state index in [1.807, 2.05) is 0 Å². The molecule has 0 N–H and O–H groups in total. The predicted octanol–water partition coefficient (Wildman–Crippen LogP) is 5.42. The minimum atomic E-state index is -0.617. The lowest BCUT2D eigenvalue weighted by Gasteiger charge is -2.19. The topological polar surface area (TPSA) is 18.5 Å². The minimum absolute atomic E-state index is 0.489. The fourth-order valence-electron chi connectivity index (χ4n) is 3.89. The molecule has 0 aliphatic carbocycles. The molecule has 1 aromatic carbocycles. The summed E-state index contributed by atoms with van der Waals surface area (Å²) in [6.45, 7) is 9.12. The van der Waals surface area contributed by atoms with Gasteiger partial charge in [0.2, 0.25) is 0 Å². The van der Waals surface area contributed by atoms with E-state index >= 15 is 0 Å². The van der Waals surface area contributed by atoms with Crippen LogP contribution in [0.3, 0.4) is 0 Å². The Morgan fingerprint density at radius 3 is 1.20 bits per heavy atom. The Morgan fingerprint density at radius 1 is 0.533 bits per heavy atom. The summed E-state index contributed by atoms with van der Waals surface area (Å²) in [6.07, 6.45) is 19.0. The molecular weight excluding hydrogens is 400 g/mol. The summed E-state index contributed by atoms with van der Waals surface area (Å²) in [5.74, 6) is 0. The van der Waals surface area contributed by atoms with Crippen LogP contribution in [0.2, 0.25) is 0 Å². The van der Waals surface area contributed by atoms with E-state index in [4.69, 9.17) is 8.85 Å². The lowest BCUT2D eigenvalue weighted by Crippen LogP contribution is -2.28. The van der Waals surface area contributed by atoms with Gasteiger partial charge < -0.3 is 8.85 Å². The first kappa shape index (κ1) is 27.6. The van der Waals surface area contributed by atoms with Crippen molar-refractivity contribution in [3.05, 3.63) is 24.3 Å². The van der Waals surface area contributed by atoms with Crippen LogP contribution in [0.15, 0.2) is 24.3 Å². The molecule has 0 bridgehead atoms. The lowest BCUT2D eigenvalue weighted by atomic mass is 10.1. The van der Waals surface area contributed by atoms with Crippen LogP contribution in [-0.2, 0) is 8.85 Å².